The van der Waals surface area contributed by atoms with Crippen molar-refractivity contribution in [2.24, 2.45) is 0 Å². The van der Waals surface area contributed by atoms with Crippen LogP contribution in [0, 0.1) is 0 Å². The predicted molar refractivity (Wildman–Crippen MR) is 255 cm³/mol. The molecular weight excluding hydrogens is 741 g/mol. The van der Waals surface area contributed by atoms with Crippen LogP contribution >= 0.6 is 0 Å². The van der Waals surface area contributed by atoms with Gasteiger partial charge in [-0.2, -0.15) is 0 Å². The molecule has 290 valence electrons. The van der Waals surface area contributed by atoms with E-state index in [0.29, 0.717) is 5.95 Å². The molecule has 0 amide bonds. The smallest absolute Gasteiger partial charge is 0.235 e. The van der Waals surface area contributed by atoms with Gasteiger partial charge in [0.25, 0.3) is 0 Å². The lowest BCUT2D eigenvalue weighted by molar-refractivity contribution is 0.663. The molecule has 0 spiro atoms. The van der Waals surface area contributed by atoms with Crippen molar-refractivity contribution >= 4 is 51.0 Å². The van der Waals surface area contributed by atoms with Crippen LogP contribution in [-0.4, -0.2) is 14.5 Å². The van der Waals surface area contributed by atoms with Crippen LogP contribution in [0.15, 0.2) is 206 Å². The molecule has 0 bridgehead atoms. The maximum atomic E-state index is 5.35. The fraction of sp³-hybridized carbons (Fsp3) is 0.0526. The second kappa shape index (κ2) is 14.8. The highest BCUT2D eigenvalue weighted by molar-refractivity contribution is 6.13. The van der Waals surface area contributed by atoms with Gasteiger partial charge in [-0.05, 0) is 81.9 Å². The number of rotatable bonds is 8. The molecule has 0 unspecified atom stereocenters. The van der Waals surface area contributed by atoms with Gasteiger partial charge >= 0.3 is 0 Å². The van der Waals surface area contributed by atoms with Crippen molar-refractivity contribution < 1.29 is 0 Å². The van der Waals surface area contributed by atoms with E-state index in [4.69, 9.17) is 9.97 Å². The average molecular weight is 783 g/mol. The zero-order valence-corrected chi connectivity index (χ0v) is 34.1. The minimum absolute atomic E-state index is 0.306. The molecule has 4 heteroatoms. The fourth-order valence-corrected chi connectivity index (χ4v) is 9.25. The Kier molecular flexibility index (Phi) is 8.79. The summed E-state index contributed by atoms with van der Waals surface area (Å²) in [6, 6.07) is 73.1. The third-order valence-corrected chi connectivity index (χ3v) is 12.2. The van der Waals surface area contributed by atoms with Crippen LogP contribution in [0.3, 0.4) is 0 Å². The van der Waals surface area contributed by atoms with Crippen molar-refractivity contribution in [2.75, 3.05) is 4.90 Å². The highest BCUT2D eigenvalue weighted by Crippen LogP contribution is 2.53. The van der Waals surface area contributed by atoms with Crippen LogP contribution in [0.5, 0.6) is 0 Å². The molecule has 1 aliphatic rings. The molecule has 2 aromatic heterocycles. The predicted octanol–water partition coefficient (Wildman–Crippen LogP) is 14.9. The Hall–Kier alpha value is -7.82. The molecule has 8 aromatic carbocycles. The summed E-state index contributed by atoms with van der Waals surface area (Å²) in [4.78, 5) is 13.0. The van der Waals surface area contributed by atoms with Gasteiger partial charge in [-0.25, -0.2) is 9.97 Å². The molecule has 2 heterocycles. The second-order valence-corrected chi connectivity index (χ2v) is 16.3. The van der Waals surface area contributed by atoms with Gasteiger partial charge in [0.2, 0.25) is 5.95 Å². The summed E-state index contributed by atoms with van der Waals surface area (Å²) in [6.45, 7) is 4.74. The van der Waals surface area contributed by atoms with E-state index in [1.54, 1.807) is 0 Å². The van der Waals surface area contributed by atoms with E-state index in [1.165, 1.54) is 38.6 Å². The summed E-state index contributed by atoms with van der Waals surface area (Å²) in [7, 11) is 0. The number of fused-ring (bicyclic) bond motifs is 7. The number of anilines is 3. The summed E-state index contributed by atoms with van der Waals surface area (Å²) >= 11 is 0. The lowest BCUT2D eigenvalue weighted by Crippen LogP contribution is -2.17. The van der Waals surface area contributed by atoms with E-state index < -0.39 is 0 Å². The zero-order valence-electron chi connectivity index (χ0n) is 34.1. The van der Waals surface area contributed by atoms with Gasteiger partial charge in [0.05, 0.1) is 22.4 Å². The molecule has 0 atom stereocenters. The number of benzene rings is 8. The zero-order chi connectivity index (χ0) is 40.9. The standard InChI is InChI=1S/C57H42N4/c1-57(2)50-37-40(28-27-39-29-32-45(33-30-39)60(43-21-11-5-12-22-43)44-23-13-6-14-24-44)31-34-46(50)48-35-36-49-47-25-15-16-26-53(47)61(55(49)54(48)57)56-58-51(41-17-7-3-8-18-41)38-52(59-56)42-19-9-4-10-20-42/h3-38H,1-2H3/b28-27+. The Morgan fingerprint density at radius 3 is 1.59 bits per heavy atom. The van der Waals surface area contributed by atoms with E-state index in [9.17, 15) is 0 Å². The van der Waals surface area contributed by atoms with Gasteiger partial charge in [-0.15, -0.1) is 0 Å². The highest BCUT2D eigenvalue weighted by atomic mass is 15.2. The van der Waals surface area contributed by atoms with Crippen molar-refractivity contribution in [2.45, 2.75) is 19.3 Å². The Balaban J connectivity index is 0.996. The molecule has 4 nitrogen and oxygen atoms in total. The third kappa shape index (κ3) is 6.32. The molecule has 61 heavy (non-hydrogen) atoms. The minimum Gasteiger partial charge on any atom is -0.311 e. The lowest BCUT2D eigenvalue weighted by Gasteiger charge is -2.25. The maximum Gasteiger partial charge on any atom is 0.235 e. The number of para-hydroxylation sites is 3. The van der Waals surface area contributed by atoms with Crippen molar-refractivity contribution in [3.8, 4) is 39.6 Å². The summed E-state index contributed by atoms with van der Waals surface area (Å²) in [5.41, 5.74) is 16.6. The maximum absolute atomic E-state index is 5.35. The first-order valence-corrected chi connectivity index (χ1v) is 20.9. The van der Waals surface area contributed by atoms with Gasteiger partial charge in [-0.1, -0.05) is 184 Å². The van der Waals surface area contributed by atoms with E-state index in [1.807, 2.05) is 12.1 Å². The van der Waals surface area contributed by atoms with Gasteiger partial charge < -0.3 is 4.90 Å². The van der Waals surface area contributed by atoms with Crippen LogP contribution in [0.1, 0.15) is 36.1 Å². The number of aromatic nitrogens is 3. The molecule has 0 radical (unpaired) electrons. The van der Waals surface area contributed by atoms with Crippen LogP contribution < -0.4 is 4.90 Å². The van der Waals surface area contributed by atoms with E-state index in [-0.39, 0.29) is 5.41 Å². The number of hydrogen-bond donors (Lipinski definition) is 0. The largest absolute Gasteiger partial charge is 0.311 e. The van der Waals surface area contributed by atoms with Crippen molar-refractivity contribution in [1.29, 1.82) is 0 Å². The van der Waals surface area contributed by atoms with Gasteiger partial charge in [0.1, 0.15) is 0 Å². The molecule has 0 N–H and O–H groups in total. The summed E-state index contributed by atoms with van der Waals surface area (Å²) in [6.07, 6.45) is 4.45. The summed E-state index contributed by atoms with van der Waals surface area (Å²) in [5.74, 6) is 0.664. The normalized spacial score (nSPS) is 12.8. The molecular formula is C57H42N4. The Labute approximate surface area is 356 Å². The monoisotopic (exact) mass is 782 g/mol. The number of hydrogen-bond acceptors (Lipinski definition) is 3. The SMILES string of the molecule is CC1(C)c2cc(/C=C/c3ccc(N(c4ccccc4)c4ccccc4)cc3)ccc2-c2ccc3c4ccccc4n(-c4nc(-c5ccccc5)cc(-c5ccccc5)n4)c3c21. The molecule has 0 saturated heterocycles. The van der Waals surface area contributed by atoms with Gasteiger partial charge in [0.15, 0.2) is 0 Å². The fourth-order valence-electron chi connectivity index (χ4n) is 9.25. The van der Waals surface area contributed by atoms with E-state index in [0.717, 1.165) is 56.2 Å². The highest BCUT2D eigenvalue weighted by Gasteiger charge is 2.39. The van der Waals surface area contributed by atoms with Crippen LogP contribution in [0.25, 0.3) is 73.5 Å². The summed E-state index contributed by atoms with van der Waals surface area (Å²) in [5, 5.41) is 2.39. The Morgan fingerprint density at radius 1 is 0.459 bits per heavy atom. The Morgan fingerprint density at radius 2 is 0.967 bits per heavy atom. The molecule has 1 aliphatic carbocycles. The van der Waals surface area contributed by atoms with Gasteiger partial charge in [-0.3, -0.25) is 4.57 Å². The quantitative estimate of drug-likeness (QED) is 0.144. The molecule has 0 aliphatic heterocycles. The minimum atomic E-state index is -0.306. The van der Waals surface area contributed by atoms with Crippen molar-refractivity contribution in [3.63, 3.8) is 0 Å². The van der Waals surface area contributed by atoms with Gasteiger partial charge in [0, 0.05) is 44.4 Å². The van der Waals surface area contributed by atoms with E-state index >= 15 is 0 Å². The van der Waals surface area contributed by atoms with Crippen molar-refractivity contribution in [1.82, 2.24) is 14.5 Å². The van der Waals surface area contributed by atoms with E-state index in [2.05, 4.69) is 230 Å². The first kappa shape index (κ1) is 36.3. The topological polar surface area (TPSA) is 34.0 Å². The molecule has 10 aromatic rings. The van der Waals surface area contributed by atoms with Crippen LogP contribution in [0.4, 0.5) is 17.1 Å². The van der Waals surface area contributed by atoms with Crippen LogP contribution in [0.2, 0.25) is 0 Å². The summed E-state index contributed by atoms with van der Waals surface area (Å²) < 4.78 is 2.32. The molecule has 0 saturated carbocycles. The van der Waals surface area contributed by atoms with Crippen LogP contribution in [-0.2, 0) is 5.41 Å². The first-order valence-electron chi connectivity index (χ1n) is 20.9. The molecule has 0 fully saturated rings. The number of nitrogens with zero attached hydrogens (tertiary/aromatic N) is 4. The molecule has 11 rings (SSSR count). The second-order valence-electron chi connectivity index (χ2n) is 16.3. The lowest BCUT2D eigenvalue weighted by atomic mass is 9.81. The first-order chi connectivity index (χ1) is 30.0. The van der Waals surface area contributed by atoms with Crippen molar-refractivity contribution in [3.05, 3.63) is 229 Å². The Bertz CT molecular complexity index is 3140. The third-order valence-electron chi connectivity index (χ3n) is 12.2. The average Bonchev–Trinajstić information content (AvgIpc) is 3.78.